The number of nitro benzene ring substituents is 1. The molecule has 0 bridgehead atoms. The minimum absolute atomic E-state index is 0.0615. The van der Waals surface area contributed by atoms with Gasteiger partial charge in [-0.3, -0.25) is 10.1 Å². The second kappa shape index (κ2) is 6.41. The summed E-state index contributed by atoms with van der Waals surface area (Å²) in [6, 6.07) is 8.47. The van der Waals surface area contributed by atoms with Gasteiger partial charge in [-0.2, -0.15) is 0 Å². The number of benzene rings is 2. The van der Waals surface area contributed by atoms with E-state index in [0.29, 0.717) is 11.6 Å². The summed E-state index contributed by atoms with van der Waals surface area (Å²) in [4.78, 5) is 10.1. The zero-order valence-electron chi connectivity index (χ0n) is 12.0. The second-order valence-electron chi connectivity index (χ2n) is 4.67. The van der Waals surface area contributed by atoms with Crippen LogP contribution in [0.4, 0.5) is 14.5 Å². The number of nitro groups is 1. The molecule has 24 heavy (non-hydrogen) atoms. The quantitative estimate of drug-likeness (QED) is 0.524. The first kappa shape index (κ1) is 15.5. The molecule has 7 nitrogen and oxygen atoms in total. The molecule has 9 heteroatoms. The third kappa shape index (κ3) is 3.35. The number of halogens is 2. The predicted octanol–water partition coefficient (Wildman–Crippen LogP) is 3.50. The smallest absolute Gasteiger partial charge is 0.269 e. The molecular weight excluding hydrogens is 324 g/mol. The van der Waals surface area contributed by atoms with E-state index in [4.69, 9.17) is 9.15 Å². The van der Waals surface area contributed by atoms with E-state index in [-0.39, 0.29) is 29.8 Å². The second-order valence-corrected chi connectivity index (χ2v) is 4.67. The van der Waals surface area contributed by atoms with Gasteiger partial charge < -0.3 is 9.15 Å². The highest BCUT2D eigenvalue weighted by atomic mass is 19.1. The number of non-ortho nitro benzene ring substituents is 1. The Morgan fingerprint density at radius 2 is 1.88 bits per heavy atom. The van der Waals surface area contributed by atoms with Gasteiger partial charge in [-0.1, -0.05) is 0 Å². The number of rotatable bonds is 5. The van der Waals surface area contributed by atoms with E-state index in [9.17, 15) is 18.9 Å². The lowest BCUT2D eigenvalue weighted by molar-refractivity contribution is -0.384. The molecule has 2 aromatic carbocycles. The maximum atomic E-state index is 13.4. The Labute approximate surface area is 133 Å². The van der Waals surface area contributed by atoms with Crippen molar-refractivity contribution >= 4 is 5.69 Å². The SMILES string of the molecule is O=[N+]([O-])c1ccc(-c2nnc(COc3ccc(F)cc3F)o2)cc1. The highest BCUT2D eigenvalue weighted by Crippen LogP contribution is 2.22. The summed E-state index contributed by atoms with van der Waals surface area (Å²) in [5, 5.41) is 18.1. The maximum Gasteiger partial charge on any atom is 0.269 e. The molecule has 0 radical (unpaired) electrons. The molecule has 0 unspecified atom stereocenters. The molecule has 0 amide bonds. The van der Waals surface area contributed by atoms with Crippen molar-refractivity contribution < 1.29 is 22.9 Å². The fourth-order valence-electron chi connectivity index (χ4n) is 1.89. The maximum absolute atomic E-state index is 13.4. The lowest BCUT2D eigenvalue weighted by Gasteiger charge is -2.04. The van der Waals surface area contributed by atoms with Crippen molar-refractivity contribution in [2.75, 3.05) is 0 Å². The van der Waals surface area contributed by atoms with E-state index in [1.54, 1.807) is 0 Å². The molecule has 122 valence electrons. The van der Waals surface area contributed by atoms with Crippen molar-refractivity contribution in [3.05, 3.63) is 70.1 Å². The first-order chi connectivity index (χ1) is 11.5. The van der Waals surface area contributed by atoms with Crippen LogP contribution in [0.25, 0.3) is 11.5 Å². The Balaban J connectivity index is 1.70. The van der Waals surface area contributed by atoms with E-state index < -0.39 is 16.6 Å². The molecule has 3 aromatic rings. The lowest BCUT2D eigenvalue weighted by Crippen LogP contribution is -1.98. The van der Waals surface area contributed by atoms with Crippen molar-refractivity contribution in [2.24, 2.45) is 0 Å². The molecule has 0 saturated heterocycles. The predicted molar refractivity (Wildman–Crippen MR) is 77.1 cm³/mol. The Morgan fingerprint density at radius 1 is 1.12 bits per heavy atom. The van der Waals surface area contributed by atoms with Crippen LogP contribution in [0.15, 0.2) is 46.9 Å². The molecule has 1 heterocycles. The van der Waals surface area contributed by atoms with Crippen LogP contribution in [-0.2, 0) is 6.61 Å². The van der Waals surface area contributed by atoms with Gasteiger partial charge in [0.05, 0.1) is 4.92 Å². The largest absolute Gasteiger partial charge is 0.481 e. The fraction of sp³-hybridized carbons (Fsp3) is 0.0667. The van der Waals surface area contributed by atoms with Crippen molar-refractivity contribution in [3.63, 3.8) is 0 Å². The third-order valence-corrected chi connectivity index (χ3v) is 3.04. The Bertz CT molecular complexity index is 881. The molecule has 0 saturated carbocycles. The first-order valence-electron chi connectivity index (χ1n) is 6.68. The summed E-state index contributed by atoms with van der Waals surface area (Å²) < 4.78 is 36.7. The molecular formula is C15H9F2N3O4. The standard InChI is InChI=1S/C15H9F2N3O4/c16-10-3-6-13(12(17)7-10)23-8-14-18-19-15(24-14)9-1-4-11(5-2-9)20(21)22/h1-7H,8H2. The van der Waals surface area contributed by atoms with Crippen LogP contribution in [0.5, 0.6) is 5.75 Å². The Kier molecular flexibility index (Phi) is 4.15. The van der Waals surface area contributed by atoms with Crippen LogP contribution in [0.3, 0.4) is 0 Å². The molecule has 0 aliphatic rings. The molecule has 0 aliphatic heterocycles. The summed E-state index contributed by atoms with van der Waals surface area (Å²) in [5.41, 5.74) is 0.431. The van der Waals surface area contributed by atoms with Gasteiger partial charge in [0, 0.05) is 23.8 Å². The van der Waals surface area contributed by atoms with Gasteiger partial charge in [0.1, 0.15) is 5.82 Å². The molecule has 0 N–H and O–H groups in total. The van der Waals surface area contributed by atoms with Gasteiger partial charge in [0.2, 0.25) is 5.89 Å². The molecule has 0 fully saturated rings. The zero-order valence-corrected chi connectivity index (χ0v) is 12.0. The van der Waals surface area contributed by atoms with Crippen LogP contribution in [0.2, 0.25) is 0 Å². The number of aromatic nitrogens is 2. The zero-order chi connectivity index (χ0) is 17.1. The molecule has 3 rings (SSSR count). The van der Waals surface area contributed by atoms with Gasteiger partial charge in [0.15, 0.2) is 18.2 Å². The number of hydrogen-bond acceptors (Lipinski definition) is 6. The molecule has 0 aliphatic carbocycles. The van der Waals surface area contributed by atoms with Gasteiger partial charge >= 0.3 is 0 Å². The summed E-state index contributed by atoms with van der Waals surface area (Å²) in [7, 11) is 0. The Hall–Kier alpha value is -3.36. The van der Waals surface area contributed by atoms with Gasteiger partial charge in [-0.15, -0.1) is 10.2 Å². The first-order valence-corrected chi connectivity index (χ1v) is 6.68. The average molecular weight is 333 g/mol. The van der Waals surface area contributed by atoms with Gasteiger partial charge in [0.25, 0.3) is 11.6 Å². The Morgan fingerprint density at radius 3 is 2.54 bits per heavy atom. The van der Waals surface area contributed by atoms with E-state index in [2.05, 4.69) is 10.2 Å². The van der Waals surface area contributed by atoms with Crippen LogP contribution < -0.4 is 4.74 Å². The minimum Gasteiger partial charge on any atom is -0.481 e. The summed E-state index contributed by atoms with van der Waals surface area (Å²) in [6.45, 7) is -0.206. The average Bonchev–Trinajstić information content (AvgIpc) is 3.03. The summed E-state index contributed by atoms with van der Waals surface area (Å²) >= 11 is 0. The molecule has 0 atom stereocenters. The summed E-state index contributed by atoms with van der Waals surface area (Å²) in [5.74, 6) is -1.48. The number of nitrogens with zero attached hydrogens (tertiary/aromatic N) is 3. The van der Waals surface area contributed by atoms with Gasteiger partial charge in [-0.25, -0.2) is 8.78 Å². The highest BCUT2D eigenvalue weighted by Gasteiger charge is 2.12. The van der Waals surface area contributed by atoms with Crippen molar-refractivity contribution in [3.8, 4) is 17.2 Å². The van der Waals surface area contributed by atoms with Gasteiger partial charge in [-0.05, 0) is 24.3 Å². The van der Waals surface area contributed by atoms with Crippen molar-refractivity contribution in [2.45, 2.75) is 6.61 Å². The highest BCUT2D eigenvalue weighted by molar-refractivity contribution is 5.55. The molecule has 1 aromatic heterocycles. The van der Waals surface area contributed by atoms with Crippen LogP contribution in [-0.4, -0.2) is 15.1 Å². The van der Waals surface area contributed by atoms with Crippen LogP contribution in [0.1, 0.15) is 5.89 Å². The lowest BCUT2D eigenvalue weighted by atomic mass is 10.2. The number of hydrogen-bond donors (Lipinski definition) is 0. The van der Waals surface area contributed by atoms with Crippen molar-refractivity contribution in [1.82, 2.24) is 10.2 Å². The number of ether oxygens (including phenoxy) is 1. The van der Waals surface area contributed by atoms with E-state index in [0.717, 1.165) is 12.1 Å². The van der Waals surface area contributed by atoms with Crippen LogP contribution in [0, 0.1) is 21.7 Å². The van der Waals surface area contributed by atoms with E-state index in [1.807, 2.05) is 0 Å². The molecule has 0 spiro atoms. The topological polar surface area (TPSA) is 91.3 Å². The van der Waals surface area contributed by atoms with Crippen LogP contribution >= 0.6 is 0 Å². The van der Waals surface area contributed by atoms with E-state index >= 15 is 0 Å². The fourth-order valence-corrected chi connectivity index (χ4v) is 1.89. The monoisotopic (exact) mass is 333 g/mol. The summed E-state index contributed by atoms with van der Waals surface area (Å²) in [6.07, 6.45) is 0. The third-order valence-electron chi connectivity index (χ3n) is 3.04. The normalized spacial score (nSPS) is 10.6. The van der Waals surface area contributed by atoms with Crippen molar-refractivity contribution in [1.29, 1.82) is 0 Å². The minimum atomic E-state index is -0.842. The van der Waals surface area contributed by atoms with E-state index in [1.165, 1.54) is 24.3 Å².